The van der Waals surface area contributed by atoms with E-state index in [9.17, 15) is 29.1 Å². The molecule has 33 heavy (non-hydrogen) atoms. The Labute approximate surface area is 198 Å². The maximum atomic E-state index is 13.0. The second-order valence-corrected chi connectivity index (χ2v) is 9.27. The molecule has 1 rings (SSSR count). The van der Waals surface area contributed by atoms with Crippen molar-refractivity contribution in [3.63, 3.8) is 0 Å². The van der Waals surface area contributed by atoms with E-state index in [0.717, 1.165) is 0 Å². The maximum Gasteiger partial charge on any atom is 0.326 e. The van der Waals surface area contributed by atoms with E-state index in [4.69, 9.17) is 10.8 Å². The van der Waals surface area contributed by atoms with Gasteiger partial charge in [-0.15, -0.1) is 0 Å². The Kier molecular flexibility index (Phi) is 12.2. The van der Waals surface area contributed by atoms with Gasteiger partial charge in [0.25, 0.3) is 0 Å². The lowest BCUT2D eigenvalue weighted by Gasteiger charge is -2.30. The van der Waals surface area contributed by atoms with Gasteiger partial charge in [-0.3, -0.25) is 19.2 Å². The molecule has 1 fully saturated rings. The maximum absolute atomic E-state index is 13.0. The van der Waals surface area contributed by atoms with Crippen molar-refractivity contribution in [3.05, 3.63) is 0 Å². The van der Waals surface area contributed by atoms with E-state index in [1.807, 2.05) is 13.2 Å². The number of thioether (sulfide) groups is 1. The molecule has 0 bridgehead atoms. The Bertz CT molecular complexity index is 721. The number of carboxylic acids is 2. The van der Waals surface area contributed by atoms with E-state index in [0.29, 0.717) is 31.6 Å². The number of amides is 3. The number of rotatable bonds is 14. The molecule has 5 unspecified atom stereocenters. The zero-order valence-corrected chi connectivity index (χ0v) is 20.2. The molecule has 5 atom stereocenters. The highest BCUT2D eigenvalue weighted by Gasteiger charge is 2.38. The van der Waals surface area contributed by atoms with Crippen LogP contribution in [-0.2, 0) is 24.0 Å². The quantitative estimate of drug-likeness (QED) is 0.225. The summed E-state index contributed by atoms with van der Waals surface area (Å²) in [5.74, 6) is -3.52. The fourth-order valence-electron chi connectivity index (χ4n) is 3.62. The highest BCUT2D eigenvalue weighted by molar-refractivity contribution is 7.98. The number of hydrogen-bond acceptors (Lipinski definition) is 7. The third kappa shape index (κ3) is 8.84. The Balaban J connectivity index is 2.90. The third-order valence-corrected chi connectivity index (χ3v) is 6.49. The molecule has 3 amide bonds. The average Bonchev–Trinajstić information content (AvgIpc) is 3.26. The standard InChI is InChI=1S/C21H36N4O7S/c1-4-12(2)17(19(29)23-14(21(31)32)9-11-33-3)24-18(28)15-6-5-10-25(15)20(30)13(22)7-8-16(26)27/h12-15,17H,4-11,22H2,1-3H3,(H,23,29)(H,24,28)(H,26,27)(H,31,32). The van der Waals surface area contributed by atoms with Crippen molar-refractivity contribution in [2.24, 2.45) is 11.7 Å². The first-order valence-corrected chi connectivity index (χ1v) is 12.5. The molecule has 0 spiro atoms. The Morgan fingerprint density at radius 2 is 1.82 bits per heavy atom. The molecule has 0 radical (unpaired) electrons. The van der Waals surface area contributed by atoms with Crippen molar-refractivity contribution in [1.29, 1.82) is 0 Å². The highest BCUT2D eigenvalue weighted by Crippen LogP contribution is 2.20. The van der Waals surface area contributed by atoms with Crippen LogP contribution < -0.4 is 16.4 Å². The minimum absolute atomic E-state index is 0.0382. The van der Waals surface area contributed by atoms with Crippen LogP contribution in [0.15, 0.2) is 0 Å². The van der Waals surface area contributed by atoms with Crippen molar-refractivity contribution in [1.82, 2.24) is 15.5 Å². The van der Waals surface area contributed by atoms with Gasteiger partial charge in [0, 0.05) is 13.0 Å². The van der Waals surface area contributed by atoms with Gasteiger partial charge in [-0.2, -0.15) is 11.8 Å². The first-order valence-electron chi connectivity index (χ1n) is 11.1. The second kappa shape index (κ2) is 14.0. The topological polar surface area (TPSA) is 179 Å². The minimum atomic E-state index is -1.14. The summed E-state index contributed by atoms with van der Waals surface area (Å²) in [6.07, 6.45) is 3.33. The van der Waals surface area contributed by atoms with Crippen LogP contribution in [0.25, 0.3) is 0 Å². The molecular weight excluding hydrogens is 452 g/mol. The van der Waals surface area contributed by atoms with Crippen molar-refractivity contribution in [3.8, 4) is 0 Å². The van der Waals surface area contributed by atoms with Crippen LogP contribution in [0.3, 0.4) is 0 Å². The number of nitrogens with two attached hydrogens (primary N) is 1. The summed E-state index contributed by atoms with van der Waals surface area (Å²) in [5.41, 5.74) is 5.84. The van der Waals surface area contributed by atoms with Crippen molar-refractivity contribution in [2.45, 2.75) is 76.5 Å². The number of carbonyl (C=O) groups excluding carboxylic acids is 3. The first-order chi connectivity index (χ1) is 15.5. The van der Waals surface area contributed by atoms with Gasteiger partial charge in [-0.1, -0.05) is 20.3 Å². The number of aliphatic carboxylic acids is 2. The third-order valence-electron chi connectivity index (χ3n) is 5.84. The molecule has 11 nitrogen and oxygen atoms in total. The highest BCUT2D eigenvalue weighted by atomic mass is 32.2. The van der Waals surface area contributed by atoms with Crippen molar-refractivity contribution < 1.29 is 34.2 Å². The zero-order valence-electron chi connectivity index (χ0n) is 19.4. The fraction of sp³-hybridized carbons (Fsp3) is 0.762. The molecule has 6 N–H and O–H groups in total. The summed E-state index contributed by atoms with van der Waals surface area (Å²) in [4.78, 5) is 62.2. The number of carboxylic acid groups (broad SMARTS) is 2. The molecule has 0 aromatic heterocycles. The van der Waals surface area contributed by atoms with Gasteiger partial charge in [-0.25, -0.2) is 4.79 Å². The lowest BCUT2D eigenvalue weighted by Crippen LogP contribution is -2.58. The van der Waals surface area contributed by atoms with E-state index in [-0.39, 0.29) is 25.2 Å². The molecule has 1 saturated heterocycles. The smallest absolute Gasteiger partial charge is 0.326 e. The van der Waals surface area contributed by atoms with E-state index in [2.05, 4.69) is 10.6 Å². The predicted molar refractivity (Wildman–Crippen MR) is 124 cm³/mol. The Hall–Kier alpha value is -2.34. The van der Waals surface area contributed by atoms with Crippen LogP contribution in [0, 0.1) is 5.92 Å². The van der Waals surface area contributed by atoms with Gasteiger partial charge in [0.15, 0.2) is 0 Å². The molecule has 1 heterocycles. The fourth-order valence-corrected chi connectivity index (χ4v) is 4.10. The zero-order chi connectivity index (χ0) is 25.1. The molecule has 12 heteroatoms. The van der Waals surface area contributed by atoms with Crippen molar-refractivity contribution >= 4 is 41.4 Å². The number of nitrogens with zero attached hydrogens (tertiary/aromatic N) is 1. The van der Waals surface area contributed by atoms with Gasteiger partial charge < -0.3 is 31.5 Å². The lowest BCUT2D eigenvalue weighted by molar-refractivity contribution is -0.143. The number of carbonyl (C=O) groups is 5. The van der Waals surface area contributed by atoms with Crippen LogP contribution in [0.2, 0.25) is 0 Å². The van der Waals surface area contributed by atoms with E-state index in [1.54, 1.807) is 6.92 Å². The summed E-state index contributed by atoms with van der Waals surface area (Å²) in [6.45, 7) is 3.95. The van der Waals surface area contributed by atoms with Crippen LogP contribution in [0.1, 0.15) is 52.4 Å². The van der Waals surface area contributed by atoms with Gasteiger partial charge in [0.05, 0.1) is 6.04 Å². The molecule has 188 valence electrons. The first kappa shape index (κ1) is 28.7. The van der Waals surface area contributed by atoms with E-state index < -0.39 is 53.8 Å². The summed E-state index contributed by atoms with van der Waals surface area (Å²) in [7, 11) is 0. The largest absolute Gasteiger partial charge is 0.481 e. The van der Waals surface area contributed by atoms with Gasteiger partial charge >= 0.3 is 11.9 Å². The van der Waals surface area contributed by atoms with Crippen molar-refractivity contribution in [2.75, 3.05) is 18.6 Å². The molecule has 0 aromatic carbocycles. The predicted octanol–water partition coefficient (Wildman–Crippen LogP) is 0.0229. The van der Waals surface area contributed by atoms with Crippen LogP contribution in [0.5, 0.6) is 0 Å². The van der Waals surface area contributed by atoms with Crippen LogP contribution in [0.4, 0.5) is 0 Å². The summed E-state index contributed by atoms with van der Waals surface area (Å²) >= 11 is 1.47. The Morgan fingerprint density at radius 3 is 2.36 bits per heavy atom. The van der Waals surface area contributed by atoms with Crippen LogP contribution >= 0.6 is 11.8 Å². The minimum Gasteiger partial charge on any atom is -0.481 e. The summed E-state index contributed by atoms with van der Waals surface area (Å²) in [6, 6.07) is -3.88. The molecular formula is C21H36N4O7S. The van der Waals surface area contributed by atoms with Gasteiger partial charge in [0.1, 0.15) is 18.1 Å². The van der Waals surface area contributed by atoms with Gasteiger partial charge in [0.2, 0.25) is 17.7 Å². The lowest BCUT2D eigenvalue weighted by atomic mass is 9.97. The number of likely N-dealkylation sites (tertiary alicyclic amines) is 1. The molecule has 0 aromatic rings. The molecule has 1 aliphatic rings. The second-order valence-electron chi connectivity index (χ2n) is 8.28. The normalized spacial score (nSPS) is 19.3. The van der Waals surface area contributed by atoms with Crippen LogP contribution in [-0.4, -0.2) is 87.5 Å². The summed E-state index contributed by atoms with van der Waals surface area (Å²) < 4.78 is 0. The molecule has 1 aliphatic heterocycles. The summed E-state index contributed by atoms with van der Waals surface area (Å²) in [5, 5.41) is 23.4. The monoisotopic (exact) mass is 488 g/mol. The average molecular weight is 489 g/mol. The Morgan fingerprint density at radius 1 is 1.15 bits per heavy atom. The van der Waals surface area contributed by atoms with Gasteiger partial charge in [-0.05, 0) is 43.6 Å². The molecule has 0 saturated carbocycles. The molecule has 0 aliphatic carbocycles. The number of nitrogens with one attached hydrogen (secondary N) is 2. The van der Waals surface area contributed by atoms with E-state index >= 15 is 0 Å². The SMILES string of the molecule is CCC(C)C(NC(=O)C1CCCN1C(=O)C(N)CCC(=O)O)C(=O)NC(CCSC)C(=O)O. The van der Waals surface area contributed by atoms with E-state index in [1.165, 1.54) is 16.7 Å². The number of hydrogen-bond donors (Lipinski definition) is 5.